The number of carbonyl (C=O) groups excluding carboxylic acids is 1. The van der Waals surface area contributed by atoms with Crippen LogP contribution < -0.4 is 11.1 Å². The van der Waals surface area contributed by atoms with Crippen LogP contribution in [-0.2, 0) is 11.3 Å². The van der Waals surface area contributed by atoms with E-state index in [4.69, 9.17) is 4.42 Å². The molecule has 30 heavy (non-hydrogen) atoms. The van der Waals surface area contributed by atoms with Gasteiger partial charge in [-0.15, -0.1) is 11.3 Å². The first-order chi connectivity index (χ1) is 14.4. The Labute approximate surface area is 172 Å². The van der Waals surface area contributed by atoms with Gasteiger partial charge < -0.3 is 9.73 Å². The molecule has 0 radical (unpaired) electrons. The molecular weight excluding hydrogens is 413 g/mol. The number of thiophene rings is 1. The summed E-state index contributed by atoms with van der Waals surface area (Å²) in [6, 6.07) is 12.7. The summed E-state index contributed by atoms with van der Waals surface area (Å²) in [4.78, 5) is 36.1. The van der Waals surface area contributed by atoms with Crippen LogP contribution in [-0.4, -0.2) is 15.4 Å². The molecule has 0 aliphatic rings. The lowest BCUT2D eigenvalue weighted by molar-refractivity contribution is -0.384. The number of rotatable bonds is 6. The summed E-state index contributed by atoms with van der Waals surface area (Å²) in [6.45, 7) is -0.341. The Bertz CT molecular complexity index is 1280. The third-order valence-corrected chi connectivity index (χ3v) is 5.44. The van der Waals surface area contributed by atoms with Gasteiger partial charge in [-0.2, -0.15) is 0 Å². The molecule has 2 heterocycles. The van der Waals surface area contributed by atoms with Gasteiger partial charge in [0.15, 0.2) is 5.58 Å². The number of non-ortho nitro benzene ring substituents is 1. The third-order valence-electron chi connectivity index (χ3n) is 4.50. The van der Waals surface area contributed by atoms with E-state index in [1.54, 1.807) is 12.1 Å². The number of oxazole rings is 1. The van der Waals surface area contributed by atoms with Gasteiger partial charge in [-0.1, -0.05) is 18.2 Å². The number of nitrogens with one attached hydrogen (secondary N) is 1. The monoisotopic (exact) mass is 427 g/mol. The van der Waals surface area contributed by atoms with Gasteiger partial charge in [0, 0.05) is 10.9 Å². The molecular formula is C20H14FN3O5S. The zero-order valence-corrected chi connectivity index (χ0v) is 16.1. The summed E-state index contributed by atoms with van der Waals surface area (Å²) >= 11 is 1.43. The molecule has 4 rings (SSSR count). The Morgan fingerprint density at radius 1 is 1.23 bits per heavy atom. The predicted octanol–water partition coefficient (Wildman–Crippen LogP) is 3.61. The van der Waals surface area contributed by atoms with Crippen molar-refractivity contribution in [1.29, 1.82) is 0 Å². The summed E-state index contributed by atoms with van der Waals surface area (Å²) in [7, 11) is 0. The van der Waals surface area contributed by atoms with E-state index in [0.29, 0.717) is 5.56 Å². The molecule has 2 aromatic carbocycles. The normalized spacial score (nSPS) is 12.0. The zero-order chi connectivity index (χ0) is 21.3. The van der Waals surface area contributed by atoms with E-state index in [9.17, 15) is 24.1 Å². The Morgan fingerprint density at radius 2 is 2.00 bits per heavy atom. The highest BCUT2D eigenvalue weighted by Gasteiger charge is 2.21. The van der Waals surface area contributed by atoms with Gasteiger partial charge in [-0.3, -0.25) is 19.5 Å². The van der Waals surface area contributed by atoms with E-state index in [1.807, 2.05) is 17.5 Å². The van der Waals surface area contributed by atoms with E-state index in [2.05, 4.69) is 5.32 Å². The Morgan fingerprint density at radius 3 is 2.67 bits per heavy atom. The third kappa shape index (κ3) is 3.85. The molecule has 2 aromatic heterocycles. The number of aromatic nitrogens is 1. The van der Waals surface area contributed by atoms with Gasteiger partial charge in [-0.05, 0) is 35.2 Å². The van der Waals surface area contributed by atoms with Crippen LogP contribution in [0.15, 0.2) is 69.2 Å². The first-order valence-corrected chi connectivity index (χ1v) is 9.66. The van der Waals surface area contributed by atoms with Crippen molar-refractivity contribution < 1.29 is 18.5 Å². The molecule has 0 aliphatic carbocycles. The topological polar surface area (TPSA) is 107 Å². The van der Waals surface area contributed by atoms with Crippen LogP contribution in [0, 0.1) is 15.9 Å². The van der Waals surface area contributed by atoms with E-state index in [-0.39, 0.29) is 29.1 Å². The van der Waals surface area contributed by atoms with Crippen LogP contribution in [0.4, 0.5) is 10.1 Å². The van der Waals surface area contributed by atoms with Crippen molar-refractivity contribution in [3.05, 3.63) is 96.9 Å². The van der Waals surface area contributed by atoms with Crippen LogP contribution in [0.5, 0.6) is 0 Å². The molecule has 1 N–H and O–H groups in total. The number of halogens is 1. The number of fused-ring (bicyclic) bond motifs is 1. The fraction of sp³-hybridized carbons (Fsp3) is 0.100. The van der Waals surface area contributed by atoms with Gasteiger partial charge in [0.2, 0.25) is 5.91 Å². The highest BCUT2D eigenvalue weighted by molar-refractivity contribution is 7.10. The van der Waals surface area contributed by atoms with Crippen molar-refractivity contribution >= 4 is 34.0 Å². The van der Waals surface area contributed by atoms with E-state index in [0.717, 1.165) is 15.5 Å². The predicted molar refractivity (Wildman–Crippen MR) is 108 cm³/mol. The second-order valence-corrected chi connectivity index (χ2v) is 7.41. The van der Waals surface area contributed by atoms with E-state index < -0.39 is 22.6 Å². The molecule has 1 atom stereocenters. The maximum absolute atomic E-state index is 13.3. The molecule has 0 saturated carbocycles. The Balaban J connectivity index is 1.61. The van der Waals surface area contributed by atoms with Crippen molar-refractivity contribution in [1.82, 2.24) is 9.88 Å². The number of nitro benzene ring substituents is 1. The number of benzene rings is 2. The fourth-order valence-electron chi connectivity index (χ4n) is 3.10. The molecule has 0 saturated heterocycles. The molecule has 10 heteroatoms. The molecule has 152 valence electrons. The summed E-state index contributed by atoms with van der Waals surface area (Å²) in [5, 5.41) is 15.6. The van der Waals surface area contributed by atoms with E-state index in [1.165, 1.54) is 35.6 Å². The van der Waals surface area contributed by atoms with Crippen LogP contribution in [0.2, 0.25) is 0 Å². The lowest BCUT2D eigenvalue weighted by Gasteiger charge is -2.18. The minimum atomic E-state index is -0.796. The molecule has 4 aromatic rings. The molecule has 8 nitrogen and oxygen atoms in total. The lowest BCUT2D eigenvalue weighted by Crippen LogP contribution is -2.34. The van der Waals surface area contributed by atoms with Crippen LogP contribution >= 0.6 is 11.3 Å². The number of carbonyl (C=O) groups is 1. The minimum Gasteiger partial charge on any atom is -0.407 e. The van der Waals surface area contributed by atoms with Crippen molar-refractivity contribution in [3.63, 3.8) is 0 Å². The SMILES string of the molecule is O=C(Cn1c(=O)oc2cc([N+](=O)[O-])ccc21)NC(c1ccc(F)cc1)c1cccs1. The number of nitrogens with zero attached hydrogens (tertiary/aromatic N) is 2. The Kier molecular flexibility index (Phi) is 5.15. The zero-order valence-electron chi connectivity index (χ0n) is 15.3. The highest BCUT2D eigenvalue weighted by Crippen LogP contribution is 2.26. The molecule has 0 bridgehead atoms. The summed E-state index contributed by atoms with van der Waals surface area (Å²) in [5.41, 5.74) is 0.764. The summed E-state index contributed by atoms with van der Waals surface area (Å²) in [5.74, 6) is -1.66. The second-order valence-electron chi connectivity index (χ2n) is 6.43. The first-order valence-electron chi connectivity index (χ1n) is 8.78. The first kappa shape index (κ1) is 19.5. The average Bonchev–Trinajstić information content (AvgIpc) is 3.35. The van der Waals surface area contributed by atoms with Crippen molar-refractivity contribution in [3.8, 4) is 0 Å². The van der Waals surface area contributed by atoms with Crippen LogP contribution in [0.3, 0.4) is 0 Å². The van der Waals surface area contributed by atoms with Gasteiger partial charge in [-0.25, -0.2) is 9.18 Å². The molecule has 1 amide bonds. The van der Waals surface area contributed by atoms with Gasteiger partial charge >= 0.3 is 5.76 Å². The minimum absolute atomic E-state index is 0.0235. The Hall–Kier alpha value is -3.79. The number of hydrogen-bond donors (Lipinski definition) is 1. The van der Waals surface area contributed by atoms with Crippen LogP contribution in [0.1, 0.15) is 16.5 Å². The maximum Gasteiger partial charge on any atom is 0.420 e. The highest BCUT2D eigenvalue weighted by atomic mass is 32.1. The fourth-order valence-corrected chi connectivity index (χ4v) is 3.90. The molecule has 0 fully saturated rings. The number of nitro groups is 1. The largest absolute Gasteiger partial charge is 0.420 e. The van der Waals surface area contributed by atoms with Gasteiger partial charge in [0.05, 0.1) is 22.5 Å². The number of hydrogen-bond acceptors (Lipinski definition) is 6. The second kappa shape index (κ2) is 7.91. The van der Waals surface area contributed by atoms with Gasteiger partial charge in [0.1, 0.15) is 12.4 Å². The van der Waals surface area contributed by atoms with Crippen molar-refractivity contribution in [2.75, 3.05) is 0 Å². The molecule has 0 spiro atoms. The standard InChI is InChI=1S/C20H14FN3O5S/c21-13-5-3-12(4-6-13)19(17-2-1-9-30-17)22-18(25)11-23-15-8-7-14(24(27)28)10-16(15)29-20(23)26/h1-10,19H,11H2,(H,22,25). The lowest BCUT2D eigenvalue weighted by atomic mass is 10.1. The summed E-state index contributed by atoms with van der Waals surface area (Å²) < 4.78 is 19.5. The van der Waals surface area contributed by atoms with Gasteiger partial charge in [0.25, 0.3) is 5.69 Å². The molecule has 1 unspecified atom stereocenters. The van der Waals surface area contributed by atoms with Crippen molar-refractivity contribution in [2.45, 2.75) is 12.6 Å². The van der Waals surface area contributed by atoms with Crippen LogP contribution in [0.25, 0.3) is 11.1 Å². The van der Waals surface area contributed by atoms with E-state index >= 15 is 0 Å². The summed E-state index contributed by atoms with van der Waals surface area (Å²) in [6.07, 6.45) is 0. The smallest absolute Gasteiger partial charge is 0.407 e. The maximum atomic E-state index is 13.3. The molecule has 0 aliphatic heterocycles. The average molecular weight is 427 g/mol. The quantitative estimate of drug-likeness (QED) is 0.374. The number of amides is 1. The van der Waals surface area contributed by atoms with Crippen molar-refractivity contribution in [2.24, 2.45) is 0 Å².